The molecule has 0 atom stereocenters. The van der Waals surface area contributed by atoms with E-state index in [1.54, 1.807) is 0 Å². The van der Waals surface area contributed by atoms with E-state index in [0.29, 0.717) is 12.6 Å². The molecule has 0 saturated carbocycles. The largest absolute Gasteiger partial charge is 0.381 e. The van der Waals surface area contributed by atoms with Crippen LogP contribution in [-0.4, -0.2) is 37.8 Å². The fraction of sp³-hybridized carbons (Fsp3) is 0.615. The van der Waals surface area contributed by atoms with Crippen molar-refractivity contribution in [2.45, 2.75) is 25.3 Å². The third-order valence-electron chi connectivity index (χ3n) is 3.34. The molecule has 0 spiro atoms. The van der Waals surface area contributed by atoms with Crippen LogP contribution in [0.2, 0.25) is 0 Å². The van der Waals surface area contributed by atoms with E-state index in [4.69, 9.17) is 10.5 Å². The van der Waals surface area contributed by atoms with E-state index in [9.17, 15) is 0 Å². The molecule has 1 aromatic heterocycles. The molecule has 2 rings (SSSR count). The lowest BCUT2D eigenvalue weighted by molar-refractivity contribution is 0.0853. The van der Waals surface area contributed by atoms with Crippen molar-refractivity contribution in [3.8, 4) is 0 Å². The zero-order valence-electron chi connectivity index (χ0n) is 10.4. The van der Waals surface area contributed by atoms with E-state index < -0.39 is 0 Å². The molecule has 2 N–H and O–H groups in total. The normalized spacial score (nSPS) is 17.1. The van der Waals surface area contributed by atoms with Gasteiger partial charge in [-0.15, -0.1) is 0 Å². The van der Waals surface area contributed by atoms with Gasteiger partial charge in [0.15, 0.2) is 0 Å². The number of hydrogen-bond donors (Lipinski definition) is 1. The van der Waals surface area contributed by atoms with Crippen LogP contribution in [0.25, 0.3) is 0 Å². The monoisotopic (exact) mass is 235 g/mol. The van der Waals surface area contributed by atoms with Gasteiger partial charge in [-0.2, -0.15) is 0 Å². The standard InChI is InChI=1S/C13H21N3O/c1-16(12-5-8-17-9-6-12)13-3-2-11(4-7-14)10-15-13/h2-3,10,12H,4-9,14H2,1H3. The topological polar surface area (TPSA) is 51.4 Å². The van der Waals surface area contributed by atoms with Gasteiger partial charge in [-0.25, -0.2) is 4.98 Å². The van der Waals surface area contributed by atoms with Crippen LogP contribution in [0.15, 0.2) is 18.3 Å². The average Bonchev–Trinajstić information content (AvgIpc) is 2.40. The lowest BCUT2D eigenvalue weighted by atomic mass is 10.1. The molecule has 0 aromatic carbocycles. The zero-order valence-corrected chi connectivity index (χ0v) is 10.4. The molecule has 1 aliphatic heterocycles. The van der Waals surface area contributed by atoms with Gasteiger partial charge in [0.1, 0.15) is 5.82 Å². The molecule has 1 aliphatic rings. The van der Waals surface area contributed by atoms with Gasteiger partial charge >= 0.3 is 0 Å². The number of hydrogen-bond acceptors (Lipinski definition) is 4. The summed E-state index contributed by atoms with van der Waals surface area (Å²) in [6.45, 7) is 2.40. The Kier molecular flexibility index (Phi) is 4.34. The first kappa shape index (κ1) is 12.3. The number of pyridine rings is 1. The summed E-state index contributed by atoms with van der Waals surface area (Å²) in [6, 6.07) is 4.75. The summed E-state index contributed by atoms with van der Waals surface area (Å²) in [7, 11) is 2.11. The lowest BCUT2D eigenvalue weighted by Gasteiger charge is -2.32. The molecule has 0 unspecified atom stereocenters. The summed E-state index contributed by atoms with van der Waals surface area (Å²) >= 11 is 0. The maximum atomic E-state index is 5.52. The van der Waals surface area contributed by atoms with Crippen molar-refractivity contribution in [1.29, 1.82) is 0 Å². The summed E-state index contributed by atoms with van der Waals surface area (Å²) < 4.78 is 5.38. The highest BCUT2D eigenvalue weighted by Crippen LogP contribution is 2.19. The van der Waals surface area contributed by atoms with Gasteiger partial charge in [-0.1, -0.05) is 6.07 Å². The van der Waals surface area contributed by atoms with Crippen LogP contribution in [0.3, 0.4) is 0 Å². The van der Waals surface area contributed by atoms with Gasteiger partial charge in [0, 0.05) is 32.5 Å². The van der Waals surface area contributed by atoms with Crippen LogP contribution in [0, 0.1) is 0 Å². The molecule has 94 valence electrons. The Morgan fingerprint density at radius 2 is 2.18 bits per heavy atom. The van der Waals surface area contributed by atoms with Crippen LogP contribution in [0.4, 0.5) is 5.82 Å². The van der Waals surface area contributed by atoms with Crippen molar-refractivity contribution in [2.24, 2.45) is 5.73 Å². The van der Waals surface area contributed by atoms with E-state index in [1.807, 2.05) is 6.20 Å². The maximum absolute atomic E-state index is 5.52. The van der Waals surface area contributed by atoms with E-state index in [2.05, 4.69) is 29.1 Å². The number of anilines is 1. The molecule has 1 saturated heterocycles. The molecule has 17 heavy (non-hydrogen) atoms. The maximum Gasteiger partial charge on any atom is 0.128 e. The second-order valence-electron chi connectivity index (χ2n) is 4.52. The van der Waals surface area contributed by atoms with Crippen LogP contribution in [-0.2, 0) is 11.2 Å². The fourth-order valence-electron chi connectivity index (χ4n) is 2.20. The van der Waals surface area contributed by atoms with Crippen LogP contribution >= 0.6 is 0 Å². The molecular weight excluding hydrogens is 214 g/mol. The van der Waals surface area contributed by atoms with E-state index in [-0.39, 0.29) is 0 Å². The molecule has 1 fully saturated rings. The first-order chi connectivity index (χ1) is 8.31. The molecule has 0 amide bonds. The minimum Gasteiger partial charge on any atom is -0.381 e. The molecule has 0 aliphatic carbocycles. The van der Waals surface area contributed by atoms with E-state index in [1.165, 1.54) is 5.56 Å². The predicted octanol–water partition coefficient (Wildman–Crippen LogP) is 1.20. The van der Waals surface area contributed by atoms with Crippen LogP contribution < -0.4 is 10.6 Å². The van der Waals surface area contributed by atoms with Crippen LogP contribution in [0.1, 0.15) is 18.4 Å². The highest BCUT2D eigenvalue weighted by atomic mass is 16.5. The highest BCUT2D eigenvalue weighted by molar-refractivity contribution is 5.39. The predicted molar refractivity (Wildman–Crippen MR) is 69.2 cm³/mol. The Morgan fingerprint density at radius 3 is 2.76 bits per heavy atom. The molecule has 4 heteroatoms. The quantitative estimate of drug-likeness (QED) is 0.852. The van der Waals surface area contributed by atoms with Gasteiger partial charge in [-0.3, -0.25) is 0 Å². The minimum absolute atomic E-state index is 0.552. The summed E-state index contributed by atoms with van der Waals surface area (Å²) in [6.07, 6.45) is 5.00. The Balaban J connectivity index is 2.00. The number of ether oxygens (including phenoxy) is 1. The number of aromatic nitrogens is 1. The van der Waals surface area contributed by atoms with Gasteiger partial charge in [0.05, 0.1) is 0 Å². The summed E-state index contributed by atoms with van der Waals surface area (Å²) in [5.74, 6) is 1.04. The van der Waals surface area contributed by atoms with Gasteiger partial charge < -0.3 is 15.4 Å². The first-order valence-electron chi connectivity index (χ1n) is 6.27. The molecule has 0 radical (unpaired) electrons. The Hall–Kier alpha value is -1.13. The first-order valence-corrected chi connectivity index (χ1v) is 6.27. The zero-order chi connectivity index (χ0) is 12.1. The Bertz CT molecular complexity index is 333. The second kappa shape index (κ2) is 5.98. The van der Waals surface area contributed by atoms with E-state index in [0.717, 1.165) is 38.3 Å². The smallest absolute Gasteiger partial charge is 0.128 e. The average molecular weight is 235 g/mol. The Morgan fingerprint density at radius 1 is 1.41 bits per heavy atom. The van der Waals surface area contributed by atoms with Crippen LogP contribution in [0.5, 0.6) is 0 Å². The van der Waals surface area contributed by atoms with Crippen molar-refractivity contribution in [2.75, 3.05) is 31.7 Å². The van der Waals surface area contributed by atoms with Crippen molar-refractivity contribution in [3.05, 3.63) is 23.9 Å². The molecule has 0 bridgehead atoms. The third kappa shape index (κ3) is 3.17. The van der Waals surface area contributed by atoms with Crippen molar-refractivity contribution < 1.29 is 4.74 Å². The fourth-order valence-corrected chi connectivity index (χ4v) is 2.20. The van der Waals surface area contributed by atoms with Crippen molar-refractivity contribution in [1.82, 2.24) is 4.98 Å². The van der Waals surface area contributed by atoms with E-state index >= 15 is 0 Å². The van der Waals surface area contributed by atoms with Gasteiger partial charge in [0.2, 0.25) is 0 Å². The minimum atomic E-state index is 0.552. The number of nitrogens with zero attached hydrogens (tertiary/aromatic N) is 2. The third-order valence-corrected chi connectivity index (χ3v) is 3.34. The lowest BCUT2D eigenvalue weighted by Crippen LogP contribution is -2.37. The summed E-state index contributed by atoms with van der Waals surface area (Å²) in [5, 5.41) is 0. The SMILES string of the molecule is CN(c1ccc(CCN)cn1)C1CCOCC1. The molecular formula is C13H21N3O. The molecule has 1 aromatic rings. The number of rotatable bonds is 4. The highest BCUT2D eigenvalue weighted by Gasteiger charge is 2.19. The second-order valence-corrected chi connectivity index (χ2v) is 4.52. The van der Waals surface area contributed by atoms with Gasteiger partial charge in [0.25, 0.3) is 0 Å². The Labute approximate surface area is 103 Å². The van der Waals surface area contributed by atoms with Gasteiger partial charge in [-0.05, 0) is 37.4 Å². The van der Waals surface area contributed by atoms with Crippen molar-refractivity contribution in [3.63, 3.8) is 0 Å². The molecule has 4 nitrogen and oxygen atoms in total. The summed E-state index contributed by atoms with van der Waals surface area (Å²) in [5.41, 5.74) is 6.73. The molecule has 2 heterocycles. The number of nitrogens with two attached hydrogens (primary N) is 1. The summed E-state index contributed by atoms with van der Waals surface area (Å²) in [4.78, 5) is 6.76. The van der Waals surface area contributed by atoms with Crippen molar-refractivity contribution >= 4 is 5.82 Å².